The minimum absolute atomic E-state index is 0.249. The van der Waals surface area contributed by atoms with E-state index in [2.05, 4.69) is 29.8 Å². The molecule has 1 N–H and O–H groups in total. The highest BCUT2D eigenvalue weighted by Crippen LogP contribution is 2.07. The molecule has 0 rings (SSSR count). The molecule has 0 bridgehead atoms. The average molecular weight is 239 g/mol. The van der Waals surface area contributed by atoms with Crippen molar-refractivity contribution in [2.75, 3.05) is 11.9 Å². The molecular formula is C9H19BrO2. The first-order valence-electron chi connectivity index (χ1n) is 4.41. The van der Waals surface area contributed by atoms with E-state index in [-0.39, 0.29) is 12.2 Å². The molecular weight excluding hydrogens is 220 g/mol. The minimum Gasteiger partial charge on any atom is -0.390 e. The largest absolute Gasteiger partial charge is 0.390 e. The van der Waals surface area contributed by atoms with Crippen molar-refractivity contribution in [3.8, 4) is 0 Å². The third-order valence-electron chi connectivity index (χ3n) is 1.55. The van der Waals surface area contributed by atoms with Crippen molar-refractivity contribution in [2.45, 2.75) is 39.4 Å². The van der Waals surface area contributed by atoms with Crippen LogP contribution in [0.1, 0.15) is 27.2 Å². The monoisotopic (exact) mass is 238 g/mol. The normalized spacial score (nSPS) is 16.5. The van der Waals surface area contributed by atoms with Gasteiger partial charge in [-0.15, -0.1) is 0 Å². The number of alkyl halides is 1. The SMILES string of the molecule is CC(C)CC(C)OCC(O)CBr. The Balaban J connectivity index is 3.36. The van der Waals surface area contributed by atoms with E-state index in [0.29, 0.717) is 17.9 Å². The van der Waals surface area contributed by atoms with Crippen molar-refractivity contribution in [1.29, 1.82) is 0 Å². The van der Waals surface area contributed by atoms with Crippen LogP contribution in [0.3, 0.4) is 0 Å². The minimum atomic E-state index is -0.375. The van der Waals surface area contributed by atoms with E-state index in [1.54, 1.807) is 0 Å². The van der Waals surface area contributed by atoms with Crippen molar-refractivity contribution in [1.82, 2.24) is 0 Å². The molecule has 0 spiro atoms. The summed E-state index contributed by atoms with van der Waals surface area (Å²) in [6.45, 7) is 6.81. The molecule has 0 aliphatic heterocycles. The van der Waals surface area contributed by atoms with Crippen LogP contribution < -0.4 is 0 Å². The molecule has 0 heterocycles. The fraction of sp³-hybridized carbons (Fsp3) is 1.00. The molecule has 0 aromatic carbocycles. The molecule has 0 aliphatic carbocycles. The van der Waals surface area contributed by atoms with Crippen molar-refractivity contribution in [3.05, 3.63) is 0 Å². The average Bonchev–Trinajstić information content (AvgIpc) is 1.99. The summed E-state index contributed by atoms with van der Waals surface area (Å²) in [5, 5.41) is 9.75. The Hall–Kier alpha value is 0.400. The number of ether oxygens (including phenoxy) is 1. The maximum absolute atomic E-state index is 9.17. The second kappa shape index (κ2) is 6.87. The first-order valence-corrected chi connectivity index (χ1v) is 5.54. The highest BCUT2D eigenvalue weighted by molar-refractivity contribution is 9.09. The van der Waals surface area contributed by atoms with Gasteiger partial charge in [-0.2, -0.15) is 0 Å². The summed E-state index contributed by atoms with van der Waals surface area (Å²) in [7, 11) is 0. The molecule has 3 heteroatoms. The fourth-order valence-corrected chi connectivity index (χ4v) is 1.24. The van der Waals surface area contributed by atoms with E-state index in [9.17, 15) is 0 Å². The second-order valence-electron chi connectivity index (χ2n) is 3.58. The summed E-state index contributed by atoms with van der Waals surface area (Å²) >= 11 is 3.19. The van der Waals surface area contributed by atoms with Crippen LogP contribution >= 0.6 is 15.9 Å². The van der Waals surface area contributed by atoms with E-state index >= 15 is 0 Å². The van der Waals surface area contributed by atoms with Crippen LogP contribution in [-0.2, 0) is 4.74 Å². The van der Waals surface area contributed by atoms with Crippen LogP contribution in [0.2, 0.25) is 0 Å². The standard InChI is InChI=1S/C9H19BrO2/c1-7(2)4-8(3)12-6-9(11)5-10/h7-9,11H,4-6H2,1-3H3. The number of hydrogen-bond acceptors (Lipinski definition) is 2. The number of halogens is 1. The molecule has 0 radical (unpaired) electrons. The van der Waals surface area contributed by atoms with E-state index in [1.807, 2.05) is 6.92 Å². The van der Waals surface area contributed by atoms with E-state index in [1.165, 1.54) is 0 Å². The number of aliphatic hydroxyl groups excluding tert-OH is 1. The fourth-order valence-electron chi connectivity index (χ4n) is 1.05. The van der Waals surface area contributed by atoms with E-state index in [4.69, 9.17) is 9.84 Å². The van der Waals surface area contributed by atoms with Crippen LogP contribution in [0.4, 0.5) is 0 Å². The third kappa shape index (κ3) is 7.07. The third-order valence-corrected chi connectivity index (χ3v) is 2.30. The summed E-state index contributed by atoms with van der Waals surface area (Å²) in [5.41, 5.74) is 0. The smallest absolute Gasteiger partial charge is 0.0870 e. The topological polar surface area (TPSA) is 29.5 Å². The highest BCUT2D eigenvalue weighted by atomic mass is 79.9. The molecule has 0 aliphatic rings. The van der Waals surface area contributed by atoms with Gasteiger partial charge in [0.1, 0.15) is 0 Å². The van der Waals surface area contributed by atoms with Gasteiger partial charge in [0.25, 0.3) is 0 Å². The maximum atomic E-state index is 9.17. The zero-order valence-corrected chi connectivity index (χ0v) is 9.67. The number of rotatable bonds is 6. The Kier molecular flexibility index (Phi) is 7.10. The molecule has 0 aromatic heterocycles. The van der Waals surface area contributed by atoms with Gasteiger partial charge in [0, 0.05) is 5.33 Å². The van der Waals surface area contributed by atoms with E-state index in [0.717, 1.165) is 6.42 Å². The molecule has 0 saturated heterocycles. The van der Waals surface area contributed by atoms with Gasteiger partial charge in [-0.05, 0) is 19.3 Å². The van der Waals surface area contributed by atoms with Crippen molar-refractivity contribution in [3.63, 3.8) is 0 Å². The van der Waals surface area contributed by atoms with E-state index < -0.39 is 0 Å². The summed E-state index contributed by atoms with van der Waals surface area (Å²) in [5.74, 6) is 0.654. The van der Waals surface area contributed by atoms with Crippen LogP contribution in [0.5, 0.6) is 0 Å². The summed E-state index contributed by atoms with van der Waals surface area (Å²) in [6.07, 6.45) is 0.924. The first-order chi connectivity index (χ1) is 5.56. The van der Waals surface area contributed by atoms with Crippen LogP contribution in [-0.4, -0.2) is 29.3 Å². The molecule has 0 aromatic rings. The molecule has 12 heavy (non-hydrogen) atoms. The van der Waals surface area contributed by atoms with Gasteiger partial charge in [-0.1, -0.05) is 29.8 Å². The summed E-state index contributed by atoms with van der Waals surface area (Å²) in [4.78, 5) is 0. The molecule has 0 saturated carbocycles. The van der Waals surface area contributed by atoms with Gasteiger partial charge in [-0.3, -0.25) is 0 Å². The predicted molar refractivity (Wildman–Crippen MR) is 54.7 cm³/mol. The molecule has 74 valence electrons. The molecule has 0 fully saturated rings. The maximum Gasteiger partial charge on any atom is 0.0870 e. The molecule has 2 unspecified atom stereocenters. The lowest BCUT2D eigenvalue weighted by atomic mass is 10.1. The quantitative estimate of drug-likeness (QED) is 0.720. The van der Waals surface area contributed by atoms with Crippen LogP contribution in [0, 0.1) is 5.92 Å². The van der Waals surface area contributed by atoms with Crippen molar-refractivity contribution < 1.29 is 9.84 Å². The predicted octanol–water partition coefficient (Wildman–Crippen LogP) is 2.19. The Bertz CT molecular complexity index is 107. The molecule has 2 nitrogen and oxygen atoms in total. The number of aliphatic hydroxyl groups is 1. The van der Waals surface area contributed by atoms with Gasteiger partial charge < -0.3 is 9.84 Å². The van der Waals surface area contributed by atoms with Crippen LogP contribution in [0.25, 0.3) is 0 Å². The van der Waals surface area contributed by atoms with Gasteiger partial charge >= 0.3 is 0 Å². The van der Waals surface area contributed by atoms with Crippen LogP contribution in [0.15, 0.2) is 0 Å². The summed E-state index contributed by atoms with van der Waals surface area (Å²) < 4.78 is 5.43. The Labute approximate surface area is 83.4 Å². The lowest BCUT2D eigenvalue weighted by Gasteiger charge is -2.16. The highest BCUT2D eigenvalue weighted by Gasteiger charge is 2.08. The van der Waals surface area contributed by atoms with Crippen molar-refractivity contribution >= 4 is 15.9 Å². The van der Waals surface area contributed by atoms with Gasteiger partial charge in [0.05, 0.1) is 18.8 Å². The zero-order valence-electron chi connectivity index (χ0n) is 8.09. The second-order valence-corrected chi connectivity index (χ2v) is 4.23. The van der Waals surface area contributed by atoms with Gasteiger partial charge in [-0.25, -0.2) is 0 Å². The lowest BCUT2D eigenvalue weighted by Crippen LogP contribution is -2.21. The first kappa shape index (κ1) is 12.4. The number of hydrogen-bond donors (Lipinski definition) is 1. The molecule has 0 amide bonds. The van der Waals surface area contributed by atoms with Gasteiger partial charge in [0.2, 0.25) is 0 Å². The molecule has 2 atom stereocenters. The zero-order chi connectivity index (χ0) is 9.56. The summed E-state index contributed by atoms with van der Waals surface area (Å²) in [6, 6.07) is 0. The Morgan fingerprint density at radius 3 is 2.33 bits per heavy atom. The Morgan fingerprint density at radius 2 is 1.92 bits per heavy atom. The lowest BCUT2D eigenvalue weighted by molar-refractivity contribution is -0.000598. The Morgan fingerprint density at radius 1 is 1.33 bits per heavy atom. The van der Waals surface area contributed by atoms with Crippen molar-refractivity contribution in [2.24, 2.45) is 5.92 Å². The van der Waals surface area contributed by atoms with Gasteiger partial charge in [0.15, 0.2) is 0 Å².